The van der Waals surface area contributed by atoms with E-state index in [-0.39, 0.29) is 24.0 Å². The van der Waals surface area contributed by atoms with Gasteiger partial charge in [-0.15, -0.1) is 35.3 Å². The smallest absolute Gasteiger partial charge is 0.191 e. The van der Waals surface area contributed by atoms with E-state index in [1.807, 2.05) is 60.3 Å². The summed E-state index contributed by atoms with van der Waals surface area (Å²) in [6.45, 7) is 2.95. The fourth-order valence-corrected chi connectivity index (χ4v) is 4.34. The Bertz CT molecular complexity index is 1140. The highest BCUT2D eigenvalue weighted by Crippen LogP contribution is 2.29. The van der Waals surface area contributed by atoms with Gasteiger partial charge in [-0.1, -0.05) is 36.4 Å². The molecule has 31 heavy (non-hydrogen) atoms. The fourth-order valence-electron chi connectivity index (χ4n) is 3.29. The zero-order valence-corrected chi connectivity index (χ0v) is 20.6. The Hall–Kier alpha value is -2.43. The van der Waals surface area contributed by atoms with Gasteiger partial charge < -0.3 is 15.7 Å². The van der Waals surface area contributed by atoms with Crippen LogP contribution in [0.5, 0.6) is 0 Å². The van der Waals surface area contributed by atoms with E-state index in [2.05, 4.69) is 38.9 Å². The van der Waals surface area contributed by atoms with Crippen LogP contribution in [0.3, 0.4) is 0 Å². The molecule has 0 spiro atoms. The zero-order valence-electron chi connectivity index (χ0n) is 17.4. The molecule has 2 aromatic heterocycles. The Morgan fingerprint density at radius 2 is 1.90 bits per heavy atom. The van der Waals surface area contributed by atoms with Crippen molar-refractivity contribution in [2.45, 2.75) is 19.6 Å². The van der Waals surface area contributed by atoms with Gasteiger partial charge >= 0.3 is 0 Å². The number of rotatable bonds is 6. The Labute approximate surface area is 203 Å². The van der Waals surface area contributed by atoms with Crippen LogP contribution in [-0.2, 0) is 6.54 Å². The normalized spacial score (nSPS) is 12.4. The monoisotopic (exact) mass is 547 g/mol. The van der Waals surface area contributed by atoms with Gasteiger partial charge in [0.2, 0.25) is 0 Å². The predicted molar refractivity (Wildman–Crippen MR) is 139 cm³/mol. The molecule has 4 rings (SSSR count). The van der Waals surface area contributed by atoms with Crippen LogP contribution in [0.25, 0.3) is 15.8 Å². The largest absolute Gasteiger partial charge is 0.386 e. The Morgan fingerprint density at radius 3 is 2.65 bits per heavy atom. The second kappa shape index (κ2) is 10.7. The Morgan fingerprint density at radius 1 is 1.13 bits per heavy atom. The summed E-state index contributed by atoms with van der Waals surface area (Å²) >= 11 is 1.62. The van der Waals surface area contributed by atoms with Crippen LogP contribution in [0, 0.1) is 6.92 Å². The van der Waals surface area contributed by atoms with E-state index >= 15 is 0 Å². The number of benzene rings is 2. The summed E-state index contributed by atoms with van der Waals surface area (Å²) in [6, 6.07) is 20.3. The van der Waals surface area contributed by atoms with E-state index in [4.69, 9.17) is 0 Å². The number of aryl methyl sites for hydroxylation is 1. The van der Waals surface area contributed by atoms with Gasteiger partial charge in [-0.25, -0.2) is 4.68 Å². The van der Waals surface area contributed by atoms with E-state index in [0.29, 0.717) is 19.0 Å². The molecule has 1 unspecified atom stereocenters. The van der Waals surface area contributed by atoms with Crippen LogP contribution in [0.4, 0.5) is 0 Å². The van der Waals surface area contributed by atoms with E-state index in [1.54, 1.807) is 18.4 Å². The third-order valence-electron chi connectivity index (χ3n) is 4.87. The van der Waals surface area contributed by atoms with Crippen molar-refractivity contribution in [3.63, 3.8) is 0 Å². The van der Waals surface area contributed by atoms with Crippen molar-refractivity contribution < 1.29 is 5.11 Å². The first kappa shape index (κ1) is 23.2. The molecule has 4 aromatic rings. The number of aliphatic hydroxyl groups is 1. The lowest BCUT2D eigenvalue weighted by molar-refractivity contribution is 0.184. The number of nitrogens with one attached hydrogen (secondary N) is 2. The van der Waals surface area contributed by atoms with Gasteiger partial charge in [0.25, 0.3) is 0 Å². The molecule has 1 atom stereocenters. The lowest BCUT2D eigenvalue weighted by Gasteiger charge is -2.16. The highest BCUT2D eigenvalue weighted by molar-refractivity contribution is 14.0. The molecule has 2 heterocycles. The Kier molecular flexibility index (Phi) is 8.05. The van der Waals surface area contributed by atoms with Gasteiger partial charge in [-0.05, 0) is 42.1 Å². The van der Waals surface area contributed by atoms with Gasteiger partial charge in [0.15, 0.2) is 5.96 Å². The number of guanidine groups is 1. The van der Waals surface area contributed by atoms with Crippen LogP contribution in [0.15, 0.2) is 71.9 Å². The van der Waals surface area contributed by atoms with Crippen molar-refractivity contribution in [3.8, 4) is 5.69 Å². The third-order valence-corrected chi connectivity index (χ3v) is 6.08. The van der Waals surface area contributed by atoms with Crippen LogP contribution in [0.2, 0.25) is 0 Å². The molecular weight excluding hydrogens is 521 g/mol. The standard InChI is InChI=1S/C23H25N5OS.HI/c1-16-11-12-28(27-16)19-9-5-3-8-18(19)14-25-23(24-2)26-15-20(29)22-13-17-7-4-6-10-21(17)30-22;/h3-13,20,29H,14-15H2,1-2H3,(H2,24,25,26);1H. The lowest BCUT2D eigenvalue weighted by atomic mass is 10.2. The first-order valence-electron chi connectivity index (χ1n) is 9.85. The number of aliphatic imine (C=N–C) groups is 1. The molecule has 0 saturated carbocycles. The molecule has 0 bridgehead atoms. The first-order chi connectivity index (χ1) is 14.6. The fraction of sp³-hybridized carbons (Fsp3) is 0.217. The topological polar surface area (TPSA) is 74.5 Å². The molecule has 2 aromatic carbocycles. The second-order valence-corrected chi connectivity index (χ2v) is 8.15. The maximum Gasteiger partial charge on any atom is 0.191 e. The van der Waals surface area contributed by atoms with Gasteiger partial charge in [0, 0.05) is 35.9 Å². The van der Waals surface area contributed by atoms with Crippen molar-refractivity contribution in [1.29, 1.82) is 0 Å². The minimum atomic E-state index is -0.597. The molecule has 162 valence electrons. The molecule has 6 nitrogen and oxygen atoms in total. The zero-order chi connectivity index (χ0) is 20.9. The predicted octanol–water partition coefficient (Wildman–Crippen LogP) is 4.41. The number of hydrogen-bond acceptors (Lipinski definition) is 4. The number of nitrogens with zero attached hydrogens (tertiary/aromatic N) is 3. The van der Waals surface area contributed by atoms with Gasteiger partial charge in [-0.3, -0.25) is 4.99 Å². The summed E-state index contributed by atoms with van der Waals surface area (Å²) in [5, 5.41) is 22.8. The van der Waals surface area contributed by atoms with Crippen LogP contribution >= 0.6 is 35.3 Å². The average molecular weight is 547 g/mol. The minimum Gasteiger partial charge on any atom is -0.386 e. The maximum atomic E-state index is 10.6. The van der Waals surface area contributed by atoms with Gasteiger partial charge in [0.1, 0.15) is 6.10 Å². The van der Waals surface area contributed by atoms with E-state index < -0.39 is 6.10 Å². The van der Waals surface area contributed by atoms with E-state index in [1.165, 1.54) is 4.70 Å². The van der Waals surface area contributed by atoms with Crippen molar-refractivity contribution >= 4 is 51.4 Å². The van der Waals surface area contributed by atoms with Crippen molar-refractivity contribution in [2.75, 3.05) is 13.6 Å². The minimum absolute atomic E-state index is 0. The first-order valence-corrected chi connectivity index (χ1v) is 10.7. The summed E-state index contributed by atoms with van der Waals surface area (Å²) in [7, 11) is 1.73. The van der Waals surface area contributed by atoms with Crippen molar-refractivity contribution in [3.05, 3.63) is 83.0 Å². The molecular formula is C23H26IN5OS. The molecule has 0 amide bonds. The summed E-state index contributed by atoms with van der Waals surface area (Å²) in [5.41, 5.74) is 3.11. The molecule has 3 N–H and O–H groups in total. The molecule has 0 aliphatic heterocycles. The molecule has 0 fully saturated rings. The quantitative estimate of drug-likeness (QED) is 0.190. The summed E-state index contributed by atoms with van der Waals surface area (Å²) in [6.07, 6.45) is 1.36. The van der Waals surface area contributed by atoms with Crippen molar-refractivity contribution in [2.24, 2.45) is 4.99 Å². The molecule has 0 aliphatic carbocycles. The Balaban J connectivity index is 0.00000272. The number of aliphatic hydroxyl groups excluding tert-OH is 1. The van der Waals surface area contributed by atoms with Crippen LogP contribution in [0.1, 0.15) is 22.2 Å². The number of halogens is 1. The molecule has 0 radical (unpaired) electrons. The third kappa shape index (κ3) is 5.63. The maximum absolute atomic E-state index is 10.6. The van der Waals surface area contributed by atoms with Crippen molar-refractivity contribution in [1.82, 2.24) is 20.4 Å². The second-order valence-electron chi connectivity index (χ2n) is 7.04. The number of thiophene rings is 1. The average Bonchev–Trinajstić information content (AvgIpc) is 3.40. The SMILES string of the molecule is CN=C(NCc1ccccc1-n1ccc(C)n1)NCC(O)c1cc2ccccc2s1.I. The molecule has 8 heteroatoms. The summed E-state index contributed by atoms with van der Waals surface area (Å²) < 4.78 is 3.06. The van der Waals surface area contributed by atoms with Gasteiger partial charge in [-0.2, -0.15) is 5.10 Å². The number of para-hydroxylation sites is 1. The highest BCUT2D eigenvalue weighted by atomic mass is 127. The number of hydrogen-bond donors (Lipinski definition) is 3. The van der Waals surface area contributed by atoms with E-state index in [0.717, 1.165) is 27.2 Å². The van der Waals surface area contributed by atoms with Crippen LogP contribution in [-0.4, -0.2) is 34.4 Å². The van der Waals surface area contributed by atoms with Gasteiger partial charge in [0.05, 0.1) is 11.4 Å². The summed E-state index contributed by atoms with van der Waals surface area (Å²) in [5.74, 6) is 0.640. The highest BCUT2D eigenvalue weighted by Gasteiger charge is 2.12. The molecule has 0 aliphatic rings. The summed E-state index contributed by atoms with van der Waals surface area (Å²) in [4.78, 5) is 5.23. The number of fused-ring (bicyclic) bond motifs is 1. The lowest BCUT2D eigenvalue weighted by Crippen LogP contribution is -2.39. The molecule has 0 saturated heterocycles. The van der Waals surface area contributed by atoms with E-state index in [9.17, 15) is 5.11 Å². The van der Waals surface area contributed by atoms with Crippen LogP contribution < -0.4 is 10.6 Å². The number of aromatic nitrogens is 2.